The molecule has 1 aromatic carbocycles. The highest BCUT2D eigenvalue weighted by Crippen LogP contribution is 2.25. The number of anilines is 1. The van der Waals surface area contributed by atoms with Crippen LogP contribution in [0.3, 0.4) is 0 Å². The number of benzene rings is 1. The van der Waals surface area contributed by atoms with Crippen LogP contribution in [0.4, 0.5) is 5.69 Å². The number of aliphatic carboxylic acids is 1. The first-order valence-electron chi connectivity index (χ1n) is 6.59. The van der Waals surface area contributed by atoms with E-state index in [1.165, 1.54) is 6.07 Å². The van der Waals surface area contributed by atoms with Crippen molar-refractivity contribution in [1.29, 1.82) is 0 Å². The summed E-state index contributed by atoms with van der Waals surface area (Å²) in [6.07, 6.45) is 0. The minimum atomic E-state index is -3.84. The van der Waals surface area contributed by atoms with Crippen molar-refractivity contribution < 1.29 is 18.3 Å². The molecule has 0 amide bonds. The van der Waals surface area contributed by atoms with Crippen LogP contribution in [0, 0.1) is 6.92 Å². The van der Waals surface area contributed by atoms with E-state index in [1.54, 1.807) is 26.0 Å². The zero-order valence-electron chi connectivity index (χ0n) is 13.0. The van der Waals surface area contributed by atoms with Crippen LogP contribution in [0.25, 0.3) is 0 Å². The summed E-state index contributed by atoms with van der Waals surface area (Å²) in [5.41, 5.74) is 1.74. The molecule has 0 aromatic heterocycles. The molecular weight excluding hydrogens is 292 g/mol. The van der Waals surface area contributed by atoms with Crippen LogP contribution in [0.15, 0.2) is 23.1 Å². The standard InChI is InChI=1S/C14H22N2O4S/c1-10(2)16(9-14(17)18)21(19,20)12-7-6-11(3)13(8-12)15(4)5/h6-8,10H,9H2,1-5H3,(H,17,18). The van der Waals surface area contributed by atoms with Crippen LogP contribution in [-0.4, -0.2) is 50.5 Å². The van der Waals surface area contributed by atoms with Gasteiger partial charge in [0.2, 0.25) is 10.0 Å². The number of aryl methyl sites for hydroxylation is 1. The zero-order valence-corrected chi connectivity index (χ0v) is 13.8. The largest absolute Gasteiger partial charge is 0.480 e. The van der Waals surface area contributed by atoms with Crippen molar-refractivity contribution in [1.82, 2.24) is 4.31 Å². The van der Waals surface area contributed by atoms with Gasteiger partial charge in [-0.15, -0.1) is 0 Å². The predicted octanol–water partition coefficient (Wildman–Crippen LogP) is 1.54. The van der Waals surface area contributed by atoms with Crippen LogP contribution in [0.1, 0.15) is 19.4 Å². The molecule has 0 aliphatic carbocycles. The third-order valence-corrected chi connectivity index (χ3v) is 5.15. The highest BCUT2D eigenvalue weighted by Gasteiger charge is 2.29. The molecule has 0 bridgehead atoms. The summed E-state index contributed by atoms with van der Waals surface area (Å²) >= 11 is 0. The first-order valence-corrected chi connectivity index (χ1v) is 8.03. The number of sulfonamides is 1. The van der Waals surface area contributed by atoms with Crippen LogP contribution in [-0.2, 0) is 14.8 Å². The van der Waals surface area contributed by atoms with E-state index >= 15 is 0 Å². The maximum absolute atomic E-state index is 12.6. The van der Waals surface area contributed by atoms with Gasteiger partial charge in [0.25, 0.3) is 0 Å². The smallest absolute Gasteiger partial charge is 0.318 e. The van der Waals surface area contributed by atoms with Gasteiger partial charge in [-0.25, -0.2) is 8.42 Å². The van der Waals surface area contributed by atoms with Crippen molar-refractivity contribution in [2.24, 2.45) is 0 Å². The van der Waals surface area contributed by atoms with Gasteiger partial charge in [0.05, 0.1) is 4.90 Å². The molecule has 0 fully saturated rings. The molecule has 0 heterocycles. The van der Waals surface area contributed by atoms with E-state index in [-0.39, 0.29) is 4.90 Å². The molecule has 118 valence electrons. The van der Waals surface area contributed by atoms with E-state index in [0.29, 0.717) is 0 Å². The Bertz CT molecular complexity index is 624. The monoisotopic (exact) mass is 314 g/mol. The topological polar surface area (TPSA) is 77.9 Å². The van der Waals surface area contributed by atoms with Crippen LogP contribution < -0.4 is 4.90 Å². The molecule has 0 unspecified atom stereocenters. The second kappa shape index (κ2) is 6.44. The number of carboxylic acid groups (broad SMARTS) is 1. The summed E-state index contributed by atoms with van der Waals surface area (Å²) < 4.78 is 26.3. The van der Waals surface area contributed by atoms with Crippen molar-refractivity contribution in [3.63, 3.8) is 0 Å². The normalized spacial score (nSPS) is 12.0. The van der Waals surface area contributed by atoms with Gasteiger partial charge in [-0.3, -0.25) is 4.79 Å². The molecular formula is C14H22N2O4S. The third kappa shape index (κ3) is 3.95. The molecule has 6 nitrogen and oxygen atoms in total. The lowest BCUT2D eigenvalue weighted by Crippen LogP contribution is -2.40. The van der Waals surface area contributed by atoms with Gasteiger partial charge in [0.1, 0.15) is 6.54 Å². The summed E-state index contributed by atoms with van der Waals surface area (Å²) in [5.74, 6) is -1.17. The van der Waals surface area contributed by atoms with Gasteiger partial charge in [0, 0.05) is 25.8 Å². The molecule has 0 saturated carbocycles. The van der Waals surface area contributed by atoms with E-state index in [9.17, 15) is 13.2 Å². The molecule has 0 atom stereocenters. The number of rotatable bonds is 6. The van der Waals surface area contributed by atoms with Gasteiger partial charge in [0.15, 0.2) is 0 Å². The van der Waals surface area contributed by atoms with E-state index in [2.05, 4.69) is 0 Å². The molecule has 0 aliphatic rings. The van der Waals surface area contributed by atoms with Crippen molar-refractivity contribution in [2.45, 2.75) is 31.7 Å². The van der Waals surface area contributed by atoms with Crippen LogP contribution in [0.5, 0.6) is 0 Å². The van der Waals surface area contributed by atoms with E-state index < -0.39 is 28.6 Å². The zero-order chi connectivity index (χ0) is 16.4. The number of hydrogen-bond donors (Lipinski definition) is 1. The minimum absolute atomic E-state index is 0.103. The lowest BCUT2D eigenvalue weighted by molar-refractivity contribution is -0.137. The molecule has 1 rings (SSSR count). The lowest BCUT2D eigenvalue weighted by atomic mass is 10.2. The first kappa shape index (κ1) is 17.5. The maximum Gasteiger partial charge on any atom is 0.318 e. The first-order chi connectivity index (χ1) is 9.57. The molecule has 0 saturated heterocycles. The molecule has 0 aliphatic heterocycles. The predicted molar refractivity (Wildman–Crippen MR) is 82.2 cm³/mol. The summed E-state index contributed by atoms with van der Waals surface area (Å²) in [6, 6.07) is 4.37. The lowest BCUT2D eigenvalue weighted by Gasteiger charge is -2.25. The van der Waals surface area contributed by atoms with Crippen molar-refractivity contribution in [3.05, 3.63) is 23.8 Å². The van der Waals surface area contributed by atoms with Crippen molar-refractivity contribution in [2.75, 3.05) is 25.5 Å². The average Bonchev–Trinajstić information content (AvgIpc) is 2.35. The number of hydrogen-bond acceptors (Lipinski definition) is 4. The van der Waals surface area contributed by atoms with Crippen molar-refractivity contribution in [3.8, 4) is 0 Å². The highest BCUT2D eigenvalue weighted by atomic mass is 32.2. The summed E-state index contributed by atoms with van der Waals surface area (Å²) in [6.45, 7) is 4.65. The molecule has 21 heavy (non-hydrogen) atoms. The quantitative estimate of drug-likeness (QED) is 0.862. The van der Waals surface area contributed by atoms with Crippen molar-refractivity contribution >= 4 is 21.7 Å². The summed E-state index contributed by atoms with van der Waals surface area (Å²) in [7, 11) is -0.183. The molecule has 7 heteroatoms. The number of carbonyl (C=O) groups is 1. The molecule has 0 radical (unpaired) electrons. The SMILES string of the molecule is Cc1ccc(S(=O)(=O)N(CC(=O)O)C(C)C)cc1N(C)C. The van der Waals surface area contributed by atoms with Gasteiger partial charge in [-0.1, -0.05) is 6.07 Å². The van der Waals surface area contributed by atoms with Crippen LogP contribution >= 0.6 is 0 Å². The number of carboxylic acids is 1. The Morgan fingerprint density at radius 3 is 2.29 bits per heavy atom. The third-order valence-electron chi connectivity index (χ3n) is 3.14. The fourth-order valence-electron chi connectivity index (χ4n) is 2.05. The average molecular weight is 314 g/mol. The Labute approximate surface area is 126 Å². The Balaban J connectivity index is 3.35. The second-order valence-electron chi connectivity index (χ2n) is 5.38. The molecule has 1 aromatic rings. The fourth-order valence-corrected chi connectivity index (χ4v) is 3.65. The second-order valence-corrected chi connectivity index (χ2v) is 7.27. The van der Waals surface area contributed by atoms with Gasteiger partial charge in [-0.2, -0.15) is 4.31 Å². The molecule has 1 N–H and O–H groups in total. The van der Waals surface area contributed by atoms with E-state index in [4.69, 9.17) is 5.11 Å². The Kier molecular flexibility index (Phi) is 5.36. The Morgan fingerprint density at radius 2 is 1.86 bits per heavy atom. The van der Waals surface area contributed by atoms with Gasteiger partial charge in [-0.05, 0) is 38.5 Å². The van der Waals surface area contributed by atoms with Gasteiger partial charge < -0.3 is 10.0 Å². The summed E-state index contributed by atoms with van der Waals surface area (Å²) in [5, 5.41) is 8.92. The Morgan fingerprint density at radius 1 is 1.29 bits per heavy atom. The molecule has 0 spiro atoms. The highest BCUT2D eigenvalue weighted by molar-refractivity contribution is 7.89. The Hall–Kier alpha value is -1.60. The van der Waals surface area contributed by atoms with E-state index in [1.807, 2.05) is 25.9 Å². The van der Waals surface area contributed by atoms with E-state index in [0.717, 1.165) is 15.6 Å². The fraction of sp³-hybridized carbons (Fsp3) is 0.500. The summed E-state index contributed by atoms with van der Waals surface area (Å²) in [4.78, 5) is 12.8. The van der Waals surface area contributed by atoms with Gasteiger partial charge >= 0.3 is 5.97 Å². The maximum atomic E-state index is 12.6. The van der Waals surface area contributed by atoms with Crippen LogP contribution in [0.2, 0.25) is 0 Å². The number of nitrogens with zero attached hydrogens (tertiary/aromatic N) is 2. The minimum Gasteiger partial charge on any atom is -0.480 e.